The minimum Gasteiger partial charge on any atom is -0.294 e. The van der Waals surface area contributed by atoms with Gasteiger partial charge in [-0.1, -0.05) is 61.7 Å². The van der Waals surface area contributed by atoms with Crippen molar-refractivity contribution in [2.24, 2.45) is 0 Å². The monoisotopic (exact) mass is 380 g/mol. The second kappa shape index (κ2) is 6.02. The predicted molar refractivity (Wildman–Crippen MR) is 85.8 cm³/mol. The summed E-state index contributed by atoms with van der Waals surface area (Å²) in [7, 11) is 0. The largest absolute Gasteiger partial charge is 0.294 e. The summed E-state index contributed by atoms with van der Waals surface area (Å²) in [6, 6.07) is 11.9. The molecule has 0 saturated heterocycles. The molecule has 0 fully saturated rings. The second-order valence-corrected chi connectivity index (χ2v) is 6.38. The van der Waals surface area contributed by atoms with E-state index in [-0.39, 0.29) is 5.78 Å². The van der Waals surface area contributed by atoms with Gasteiger partial charge in [0.15, 0.2) is 5.78 Å². The Hall–Kier alpha value is -0.930. The van der Waals surface area contributed by atoms with E-state index in [1.165, 1.54) is 5.56 Å². The third kappa shape index (κ3) is 3.54. The van der Waals surface area contributed by atoms with E-state index in [0.29, 0.717) is 6.42 Å². The van der Waals surface area contributed by atoms with E-state index < -0.39 is 0 Å². The van der Waals surface area contributed by atoms with Gasteiger partial charge >= 0.3 is 0 Å². The first-order chi connectivity index (χ1) is 8.97. The first-order valence-corrected chi connectivity index (χ1v) is 7.60. The molecule has 2 rings (SSSR count). The number of benzene rings is 2. The highest BCUT2D eigenvalue weighted by atomic mass is 79.9. The summed E-state index contributed by atoms with van der Waals surface area (Å²) in [5, 5.41) is 0. The third-order valence-corrected chi connectivity index (χ3v) is 4.51. The number of rotatable bonds is 3. The third-order valence-electron chi connectivity index (χ3n) is 3.00. The van der Waals surface area contributed by atoms with Crippen LogP contribution in [0.4, 0.5) is 0 Å². The van der Waals surface area contributed by atoms with Crippen LogP contribution in [0.25, 0.3) is 0 Å². The molecule has 0 aromatic heterocycles. The molecule has 0 bridgehead atoms. The number of hydrogen-bond donors (Lipinski definition) is 0. The van der Waals surface area contributed by atoms with Crippen LogP contribution in [0.15, 0.2) is 45.3 Å². The fourth-order valence-corrected chi connectivity index (χ4v) is 2.99. The highest BCUT2D eigenvalue weighted by Crippen LogP contribution is 2.26. The van der Waals surface area contributed by atoms with Gasteiger partial charge in [0.25, 0.3) is 0 Å². The molecule has 0 atom stereocenters. The molecular formula is C16H14Br2O. The Balaban J connectivity index is 2.28. The molecule has 2 aromatic carbocycles. The molecule has 0 aliphatic rings. The number of hydrogen-bond acceptors (Lipinski definition) is 1. The summed E-state index contributed by atoms with van der Waals surface area (Å²) in [6.07, 6.45) is 0.426. The Bertz CT molecular complexity index is 633. The average Bonchev–Trinajstić information content (AvgIpc) is 2.33. The zero-order chi connectivity index (χ0) is 14.0. The first kappa shape index (κ1) is 14.5. The van der Waals surface area contributed by atoms with Crippen molar-refractivity contribution in [3.05, 3.63) is 67.6 Å². The number of ketones is 1. The average molecular weight is 382 g/mol. The Labute approximate surface area is 130 Å². The molecule has 0 amide bonds. The smallest absolute Gasteiger partial charge is 0.168 e. The van der Waals surface area contributed by atoms with Crippen LogP contribution in [0, 0.1) is 13.8 Å². The maximum absolute atomic E-state index is 12.4. The van der Waals surface area contributed by atoms with Crippen molar-refractivity contribution in [2.45, 2.75) is 20.3 Å². The standard InChI is InChI=1S/C16H14Br2O/c1-10-4-3-5-12(6-10)8-16(19)13-9-14(17)11(2)7-15(13)18/h3-7,9H,8H2,1-2H3. The summed E-state index contributed by atoms with van der Waals surface area (Å²) in [4.78, 5) is 12.4. The molecule has 3 heteroatoms. The molecule has 98 valence electrons. The van der Waals surface area contributed by atoms with Crippen LogP contribution in [-0.2, 0) is 6.42 Å². The van der Waals surface area contributed by atoms with Gasteiger partial charge in [0.05, 0.1) is 0 Å². The van der Waals surface area contributed by atoms with Crippen molar-refractivity contribution in [3.63, 3.8) is 0 Å². The molecule has 0 saturated carbocycles. The van der Waals surface area contributed by atoms with E-state index in [1.54, 1.807) is 0 Å². The predicted octanol–water partition coefficient (Wildman–Crippen LogP) is 5.25. The number of halogens is 2. The second-order valence-electron chi connectivity index (χ2n) is 4.67. The van der Waals surface area contributed by atoms with Gasteiger partial charge in [0.2, 0.25) is 0 Å². The Kier molecular flexibility index (Phi) is 4.58. The van der Waals surface area contributed by atoms with Crippen molar-refractivity contribution < 1.29 is 4.79 Å². The Morgan fingerprint density at radius 2 is 1.79 bits per heavy atom. The van der Waals surface area contributed by atoms with Gasteiger partial charge in [-0.3, -0.25) is 4.79 Å². The maximum atomic E-state index is 12.4. The SMILES string of the molecule is Cc1cccc(CC(=O)c2cc(Br)c(C)cc2Br)c1. The molecule has 0 spiro atoms. The molecule has 1 nitrogen and oxygen atoms in total. The Morgan fingerprint density at radius 3 is 2.47 bits per heavy atom. The number of carbonyl (C=O) groups excluding carboxylic acids is 1. The number of Topliss-reactive ketones (excluding diaryl/α,β-unsaturated/α-hetero) is 1. The van der Waals surface area contributed by atoms with Crippen LogP contribution in [-0.4, -0.2) is 5.78 Å². The molecule has 0 aliphatic heterocycles. The Morgan fingerprint density at radius 1 is 1.05 bits per heavy atom. The van der Waals surface area contributed by atoms with E-state index in [9.17, 15) is 4.79 Å². The quantitative estimate of drug-likeness (QED) is 0.663. The lowest BCUT2D eigenvalue weighted by molar-refractivity contribution is 0.0992. The number of aryl methyl sites for hydroxylation is 2. The van der Waals surface area contributed by atoms with Gasteiger partial charge in [-0.25, -0.2) is 0 Å². The van der Waals surface area contributed by atoms with E-state index in [0.717, 1.165) is 25.6 Å². The van der Waals surface area contributed by atoms with Gasteiger partial charge in [-0.2, -0.15) is 0 Å². The van der Waals surface area contributed by atoms with Crippen LogP contribution in [0.2, 0.25) is 0 Å². The van der Waals surface area contributed by atoms with Gasteiger partial charge in [0.1, 0.15) is 0 Å². The minimum absolute atomic E-state index is 0.123. The minimum atomic E-state index is 0.123. The summed E-state index contributed by atoms with van der Waals surface area (Å²) in [5.41, 5.74) is 4.06. The van der Waals surface area contributed by atoms with Crippen molar-refractivity contribution >= 4 is 37.6 Å². The molecule has 0 heterocycles. The zero-order valence-electron chi connectivity index (χ0n) is 10.8. The molecule has 0 N–H and O–H groups in total. The van der Waals surface area contributed by atoms with Crippen LogP contribution in [0.1, 0.15) is 27.0 Å². The van der Waals surface area contributed by atoms with Crippen LogP contribution < -0.4 is 0 Å². The number of carbonyl (C=O) groups is 1. The van der Waals surface area contributed by atoms with Gasteiger partial charge < -0.3 is 0 Å². The van der Waals surface area contributed by atoms with Crippen molar-refractivity contribution in [1.82, 2.24) is 0 Å². The van der Waals surface area contributed by atoms with E-state index in [4.69, 9.17) is 0 Å². The van der Waals surface area contributed by atoms with Crippen molar-refractivity contribution in [1.29, 1.82) is 0 Å². The van der Waals surface area contributed by atoms with Gasteiger partial charge in [-0.05, 0) is 37.1 Å². The lowest BCUT2D eigenvalue weighted by Gasteiger charge is -2.07. The molecule has 0 aliphatic carbocycles. The zero-order valence-corrected chi connectivity index (χ0v) is 14.0. The van der Waals surface area contributed by atoms with Crippen LogP contribution >= 0.6 is 31.9 Å². The van der Waals surface area contributed by atoms with E-state index >= 15 is 0 Å². The van der Waals surface area contributed by atoms with E-state index in [1.807, 2.05) is 44.2 Å². The molecule has 2 aromatic rings. The maximum Gasteiger partial charge on any atom is 0.168 e. The first-order valence-electron chi connectivity index (χ1n) is 6.02. The fourth-order valence-electron chi connectivity index (χ4n) is 1.96. The topological polar surface area (TPSA) is 17.1 Å². The highest BCUT2D eigenvalue weighted by Gasteiger charge is 2.13. The molecule has 0 radical (unpaired) electrons. The summed E-state index contributed by atoms with van der Waals surface area (Å²) in [6.45, 7) is 4.04. The lowest BCUT2D eigenvalue weighted by Crippen LogP contribution is -2.05. The van der Waals surface area contributed by atoms with E-state index in [2.05, 4.69) is 37.9 Å². The highest BCUT2D eigenvalue weighted by molar-refractivity contribution is 9.11. The lowest BCUT2D eigenvalue weighted by atomic mass is 10.0. The van der Waals surface area contributed by atoms with Crippen molar-refractivity contribution in [2.75, 3.05) is 0 Å². The summed E-state index contributed by atoms with van der Waals surface area (Å²) >= 11 is 6.94. The van der Waals surface area contributed by atoms with Gasteiger partial charge in [-0.15, -0.1) is 0 Å². The normalized spacial score (nSPS) is 10.5. The van der Waals surface area contributed by atoms with Crippen LogP contribution in [0.3, 0.4) is 0 Å². The summed E-state index contributed by atoms with van der Waals surface area (Å²) < 4.78 is 1.81. The summed E-state index contributed by atoms with van der Waals surface area (Å²) in [5.74, 6) is 0.123. The molecule has 19 heavy (non-hydrogen) atoms. The van der Waals surface area contributed by atoms with Crippen molar-refractivity contribution in [3.8, 4) is 0 Å². The van der Waals surface area contributed by atoms with Gasteiger partial charge in [0, 0.05) is 20.9 Å². The molecular weight excluding hydrogens is 368 g/mol. The molecule has 0 unspecified atom stereocenters. The fraction of sp³-hybridized carbons (Fsp3) is 0.188. The van der Waals surface area contributed by atoms with Crippen LogP contribution in [0.5, 0.6) is 0 Å².